The summed E-state index contributed by atoms with van der Waals surface area (Å²) in [6.45, 7) is 4.66. The third-order valence-corrected chi connectivity index (χ3v) is 3.18. The second kappa shape index (κ2) is 7.27. The smallest absolute Gasteiger partial charge is 0.491 e. The van der Waals surface area contributed by atoms with Gasteiger partial charge in [0, 0.05) is 19.9 Å². The minimum Gasteiger partial charge on any atom is -0.492 e. The number of ether oxygens (including phenoxy) is 4. The molecule has 2 N–H and O–H groups in total. The van der Waals surface area contributed by atoms with E-state index in [9.17, 15) is 9.18 Å². The van der Waals surface area contributed by atoms with Gasteiger partial charge in [0.25, 0.3) is 0 Å². The number of cyclic esters (lactones) is 1. The van der Waals surface area contributed by atoms with Gasteiger partial charge >= 0.3 is 13.1 Å². The molecular formula is C15H20BFO7. The number of fused-ring (bicyclic) bond motifs is 1. The first-order valence-corrected chi connectivity index (χ1v) is 7.65. The highest BCUT2D eigenvalue weighted by atomic mass is 19.1. The van der Waals surface area contributed by atoms with Gasteiger partial charge < -0.3 is 29.0 Å². The Morgan fingerprint density at radius 1 is 1.29 bits per heavy atom. The molecule has 0 spiro atoms. The number of halogens is 1. The lowest BCUT2D eigenvalue weighted by atomic mass is 9.95. The summed E-state index contributed by atoms with van der Waals surface area (Å²) in [6, 6.07) is 0.997. The van der Waals surface area contributed by atoms with Crippen LogP contribution in [0.2, 0.25) is 0 Å². The van der Waals surface area contributed by atoms with Crippen molar-refractivity contribution in [3.63, 3.8) is 0 Å². The number of hydrogen-bond donors (Lipinski definition) is 2. The van der Waals surface area contributed by atoms with Crippen LogP contribution in [0.4, 0.5) is 4.39 Å². The van der Waals surface area contributed by atoms with Crippen molar-refractivity contribution in [3.05, 3.63) is 17.4 Å². The standard InChI is InChI=1S/C15H20BFO7/c1-4-5-6-21-10-7-9(17)12(22-8-16(19)20)13-11(10)14(18)24-15(2,3)23-13/h7,19-20H,4-6,8H2,1-3H3. The van der Waals surface area contributed by atoms with Crippen LogP contribution in [-0.2, 0) is 4.74 Å². The first kappa shape index (κ1) is 18.3. The fourth-order valence-electron chi connectivity index (χ4n) is 2.15. The van der Waals surface area contributed by atoms with Gasteiger partial charge in [-0.1, -0.05) is 13.3 Å². The Balaban J connectivity index is 2.47. The van der Waals surface area contributed by atoms with E-state index in [1.54, 1.807) is 0 Å². The molecule has 0 aromatic heterocycles. The zero-order valence-electron chi connectivity index (χ0n) is 13.8. The predicted molar refractivity (Wildman–Crippen MR) is 82.6 cm³/mol. The molecule has 0 atom stereocenters. The maximum atomic E-state index is 14.4. The van der Waals surface area contributed by atoms with E-state index in [4.69, 9.17) is 29.0 Å². The number of carbonyl (C=O) groups is 1. The van der Waals surface area contributed by atoms with Crippen LogP contribution in [-0.4, -0.2) is 42.0 Å². The summed E-state index contributed by atoms with van der Waals surface area (Å²) < 4.78 is 35.6. The van der Waals surface area contributed by atoms with Gasteiger partial charge in [-0.25, -0.2) is 9.18 Å². The molecule has 7 nitrogen and oxygen atoms in total. The number of benzene rings is 1. The summed E-state index contributed by atoms with van der Waals surface area (Å²) >= 11 is 0. The van der Waals surface area contributed by atoms with Gasteiger partial charge in [0.05, 0.1) is 6.61 Å². The van der Waals surface area contributed by atoms with Crippen LogP contribution in [0.3, 0.4) is 0 Å². The molecule has 0 bridgehead atoms. The lowest BCUT2D eigenvalue weighted by Gasteiger charge is -2.33. The third kappa shape index (κ3) is 4.10. The van der Waals surface area contributed by atoms with Gasteiger partial charge in [0.1, 0.15) is 17.8 Å². The summed E-state index contributed by atoms with van der Waals surface area (Å²) in [4.78, 5) is 12.3. The Hall–Kier alpha value is -2.00. The van der Waals surface area contributed by atoms with Crippen LogP contribution in [0, 0.1) is 5.82 Å². The molecule has 24 heavy (non-hydrogen) atoms. The van der Waals surface area contributed by atoms with Gasteiger partial charge in [-0.05, 0) is 6.42 Å². The van der Waals surface area contributed by atoms with E-state index in [1.165, 1.54) is 13.8 Å². The zero-order chi connectivity index (χ0) is 17.9. The molecule has 9 heteroatoms. The Kier molecular flexibility index (Phi) is 5.56. The molecule has 1 aromatic carbocycles. The molecule has 132 valence electrons. The van der Waals surface area contributed by atoms with Crippen molar-refractivity contribution in [2.24, 2.45) is 0 Å². The molecule has 0 aliphatic carbocycles. The maximum Gasteiger partial charge on any atom is 0.491 e. The lowest BCUT2D eigenvalue weighted by molar-refractivity contribution is -0.128. The average molecular weight is 342 g/mol. The van der Waals surface area contributed by atoms with Crippen molar-refractivity contribution in [1.29, 1.82) is 0 Å². The Morgan fingerprint density at radius 3 is 2.62 bits per heavy atom. The van der Waals surface area contributed by atoms with E-state index in [2.05, 4.69) is 0 Å². The third-order valence-electron chi connectivity index (χ3n) is 3.18. The maximum absolute atomic E-state index is 14.4. The molecule has 1 aliphatic rings. The number of esters is 1. The van der Waals surface area contributed by atoms with E-state index in [1.807, 2.05) is 6.92 Å². The summed E-state index contributed by atoms with van der Waals surface area (Å²) in [5.41, 5.74) is -0.0887. The number of carbonyl (C=O) groups excluding carboxylic acids is 1. The molecule has 0 amide bonds. The first-order chi connectivity index (χ1) is 11.2. The second-order valence-electron chi connectivity index (χ2n) is 5.77. The minimum atomic E-state index is -1.80. The number of rotatable bonds is 7. The van der Waals surface area contributed by atoms with Gasteiger partial charge in [0.2, 0.25) is 5.79 Å². The highest BCUT2D eigenvalue weighted by Crippen LogP contribution is 2.45. The molecule has 0 fully saturated rings. The van der Waals surface area contributed by atoms with Crippen molar-refractivity contribution in [2.45, 2.75) is 39.4 Å². The molecular weight excluding hydrogens is 322 g/mol. The Morgan fingerprint density at radius 2 is 2.00 bits per heavy atom. The first-order valence-electron chi connectivity index (χ1n) is 7.65. The molecule has 0 saturated heterocycles. The normalized spacial score (nSPS) is 15.2. The molecule has 2 rings (SSSR count). The summed E-state index contributed by atoms with van der Waals surface area (Å²) in [7, 11) is -1.80. The van der Waals surface area contributed by atoms with Crippen LogP contribution < -0.4 is 14.2 Å². The van der Waals surface area contributed by atoms with E-state index in [0.29, 0.717) is 6.61 Å². The van der Waals surface area contributed by atoms with Crippen molar-refractivity contribution in [2.75, 3.05) is 13.1 Å². The Labute approximate surface area is 139 Å². The van der Waals surface area contributed by atoms with E-state index < -0.39 is 36.9 Å². The van der Waals surface area contributed by atoms with Gasteiger partial charge in [-0.3, -0.25) is 0 Å². The summed E-state index contributed by atoms with van der Waals surface area (Å²) in [6.07, 6.45) is 1.60. The predicted octanol–water partition coefficient (Wildman–Crippen LogP) is 1.68. The van der Waals surface area contributed by atoms with Crippen LogP contribution in [0.25, 0.3) is 0 Å². The summed E-state index contributed by atoms with van der Waals surface area (Å²) in [5.74, 6) is -3.48. The average Bonchev–Trinajstić information content (AvgIpc) is 2.44. The quantitative estimate of drug-likeness (QED) is 0.442. The van der Waals surface area contributed by atoms with Crippen molar-refractivity contribution < 1.29 is 38.2 Å². The number of hydrogen-bond acceptors (Lipinski definition) is 7. The SMILES string of the molecule is CCCCOc1cc(F)c(OCB(O)O)c2c1C(=O)OC(C)(C)O2. The van der Waals surface area contributed by atoms with Crippen LogP contribution in [0.5, 0.6) is 17.2 Å². The van der Waals surface area contributed by atoms with Gasteiger partial charge in [0.15, 0.2) is 17.3 Å². The van der Waals surface area contributed by atoms with E-state index >= 15 is 0 Å². The van der Waals surface area contributed by atoms with E-state index in [-0.39, 0.29) is 17.1 Å². The summed E-state index contributed by atoms with van der Waals surface area (Å²) in [5, 5.41) is 17.8. The lowest BCUT2D eigenvalue weighted by Crippen LogP contribution is -2.39. The van der Waals surface area contributed by atoms with Crippen molar-refractivity contribution in [1.82, 2.24) is 0 Å². The van der Waals surface area contributed by atoms with Gasteiger partial charge in [-0.15, -0.1) is 0 Å². The molecule has 0 unspecified atom stereocenters. The zero-order valence-corrected chi connectivity index (χ0v) is 13.8. The van der Waals surface area contributed by atoms with Crippen LogP contribution in [0.1, 0.15) is 44.0 Å². The fourth-order valence-corrected chi connectivity index (χ4v) is 2.15. The van der Waals surface area contributed by atoms with E-state index in [0.717, 1.165) is 18.9 Å². The second-order valence-corrected chi connectivity index (χ2v) is 5.77. The molecule has 1 aliphatic heterocycles. The highest BCUT2D eigenvalue weighted by Gasteiger charge is 2.40. The van der Waals surface area contributed by atoms with Crippen LogP contribution in [0.15, 0.2) is 6.07 Å². The molecule has 0 radical (unpaired) electrons. The molecule has 1 aromatic rings. The number of unbranched alkanes of at least 4 members (excludes halogenated alkanes) is 1. The fraction of sp³-hybridized carbons (Fsp3) is 0.533. The van der Waals surface area contributed by atoms with Crippen molar-refractivity contribution >= 4 is 13.1 Å². The van der Waals surface area contributed by atoms with Gasteiger partial charge in [-0.2, -0.15) is 0 Å². The topological polar surface area (TPSA) is 94.5 Å². The van der Waals surface area contributed by atoms with Crippen LogP contribution >= 0.6 is 0 Å². The monoisotopic (exact) mass is 342 g/mol. The molecule has 0 saturated carbocycles. The largest absolute Gasteiger partial charge is 0.492 e. The molecule has 1 heterocycles. The minimum absolute atomic E-state index is 0.00616. The highest BCUT2D eigenvalue weighted by molar-refractivity contribution is 6.40. The Bertz CT molecular complexity index is 618. The van der Waals surface area contributed by atoms with Crippen molar-refractivity contribution in [3.8, 4) is 17.2 Å².